The molecular weight excluding hydrogens is 319 g/mol. The monoisotopic (exact) mass is 338 g/mol. The number of rotatable bonds is 7. The summed E-state index contributed by atoms with van der Waals surface area (Å²) in [5, 5.41) is 0. The molecule has 1 aromatic carbocycles. The first-order valence-electron chi connectivity index (χ1n) is 6.10. The second-order valence-corrected chi connectivity index (χ2v) is 8.99. The maximum Gasteiger partial charge on any atom is 0.215 e. The molecule has 21 heavy (non-hydrogen) atoms. The highest BCUT2D eigenvalue weighted by Crippen LogP contribution is 2.11. The lowest BCUT2D eigenvalue weighted by atomic mass is 10.1. The van der Waals surface area contributed by atoms with Gasteiger partial charge in [-0.2, -0.15) is 0 Å². The van der Waals surface area contributed by atoms with Crippen LogP contribution in [0.1, 0.15) is 19.4 Å². The molecule has 6 nitrogen and oxygen atoms in total. The molecule has 0 radical (unpaired) electrons. The van der Waals surface area contributed by atoms with E-state index in [-0.39, 0.29) is 12.1 Å². The lowest BCUT2D eigenvalue weighted by molar-refractivity contribution is 0.445. The zero-order valence-corrected chi connectivity index (χ0v) is 13.7. The summed E-state index contributed by atoms with van der Waals surface area (Å²) in [5.74, 6) is -1.11. The third-order valence-corrected chi connectivity index (χ3v) is 4.70. The van der Waals surface area contributed by atoms with Gasteiger partial charge in [0.15, 0.2) is 0 Å². The van der Waals surface area contributed by atoms with Crippen molar-refractivity contribution in [1.82, 2.24) is 9.44 Å². The molecule has 0 amide bonds. The molecule has 0 aliphatic heterocycles. The Bertz CT molecular complexity index is 700. The summed E-state index contributed by atoms with van der Waals surface area (Å²) >= 11 is 0. The summed E-state index contributed by atoms with van der Waals surface area (Å²) in [6.45, 7) is 2.94. The van der Waals surface area contributed by atoms with E-state index in [4.69, 9.17) is 0 Å². The Labute approximate surface area is 124 Å². The zero-order valence-electron chi connectivity index (χ0n) is 12.1. The minimum atomic E-state index is -3.77. The van der Waals surface area contributed by atoms with Crippen molar-refractivity contribution >= 4 is 20.0 Å². The van der Waals surface area contributed by atoms with E-state index in [1.165, 1.54) is 18.2 Å². The molecule has 0 unspecified atom stereocenters. The normalized spacial score (nSPS) is 13.3. The van der Waals surface area contributed by atoms with Crippen molar-refractivity contribution in [3.8, 4) is 0 Å². The van der Waals surface area contributed by atoms with E-state index < -0.39 is 37.2 Å². The Morgan fingerprint density at radius 3 is 2.24 bits per heavy atom. The van der Waals surface area contributed by atoms with Gasteiger partial charge >= 0.3 is 0 Å². The molecule has 0 saturated heterocycles. The van der Waals surface area contributed by atoms with Crippen LogP contribution < -0.4 is 9.44 Å². The minimum absolute atomic E-state index is 0.0545. The van der Waals surface area contributed by atoms with Crippen LogP contribution in [0.3, 0.4) is 0 Å². The topological polar surface area (TPSA) is 92.3 Å². The van der Waals surface area contributed by atoms with Crippen LogP contribution in [0.4, 0.5) is 4.39 Å². The molecule has 120 valence electrons. The van der Waals surface area contributed by atoms with Gasteiger partial charge in [-0.25, -0.2) is 30.7 Å². The van der Waals surface area contributed by atoms with E-state index in [0.717, 1.165) is 6.26 Å². The van der Waals surface area contributed by atoms with Crippen LogP contribution >= 0.6 is 0 Å². The fourth-order valence-electron chi connectivity index (χ4n) is 1.70. The van der Waals surface area contributed by atoms with Crippen molar-refractivity contribution in [2.75, 3.05) is 12.8 Å². The molecule has 0 spiro atoms. The highest BCUT2D eigenvalue weighted by molar-refractivity contribution is 7.89. The first-order chi connectivity index (χ1) is 9.40. The van der Waals surface area contributed by atoms with E-state index in [1.807, 2.05) is 0 Å². The molecule has 0 bridgehead atoms. The van der Waals surface area contributed by atoms with Gasteiger partial charge < -0.3 is 0 Å². The summed E-state index contributed by atoms with van der Waals surface area (Å²) < 4.78 is 64.2. The van der Waals surface area contributed by atoms with Gasteiger partial charge in [0.2, 0.25) is 20.0 Å². The maximum absolute atomic E-state index is 13.4. The van der Waals surface area contributed by atoms with Gasteiger partial charge in [0.25, 0.3) is 0 Å². The summed E-state index contributed by atoms with van der Waals surface area (Å²) in [6.07, 6.45) is 0.989. The third kappa shape index (κ3) is 6.98. The van der Waals surface area contributed by atoms with Crippen LogP contribution in [0.15, 0.2) is 24.3 Å². The number of hydrogen-bond acceptors (Lipinski definition) is 4. The van der Waals surface area contributed by atoms with Crippen molar-refractivity contribution in [2.24, 2.45) is 0 Å². The summed E-state index contributed by atoms with van der Waals surface area (Å²) in [5.41, 5.74) is -0.936. The van der Waals surface area contributed by atoms with Gasteiger partial charge in [-0.15, -0.1) is 0 Å². The Kier molecular flexibility index (Phi) is 5.48. The zero-order chi connectivity index (χ0) is 16.3. The quantitative estimate of drug-likeness (QED) is 0.760. The van der Waals surface area contributed by atoms with Crippen molar-refractivity contribution in [1.29, 1.82) is 0 Å². The van der Waals surface area contributed by atoms with Gasteiger partial charge in [-0.3, -0.25) is 0 Å². The maximum atomic E-state index is 13.4. The highest BCUT2D eigenvalue weighted by atomic mass is 32.2. The first kappa shape index (κ1) is 18.0. The predicted octanol–water partition coefficient (Wildman–Crippen LogP) is 0.573. The molecule has 0 saturated carbocycles. The lowest BCUT2D eigenvalue weighted by Gasteiger charge is -2.25. The molecule has 0 fully saturated rings. The summed E-state index contributed by atoms with van der Waals surface area (Å²) in [6, 6.07) is 5.58. The average molecular weight is 338 g/mol. The van der Waals surface area contributed by atoms with Gasteiger partial charge in [0, 0.05) is 17.6 Å². The van der Waals surface area contributed by atoms with Gasteiger partial charge in [-0.1, -0.05) is 18.2 Å². The fraction of sp³-hybridized carbons (Fsp3) is 0.500. The Balaban J connectivity index is 2.72. The van der Waals surface area contributed by atoms with Crippen molar-refractivity contribution < 1.29 is 21.2 Å². The van der Waals surface area contributed by atoms with E-state index in [2.05, 4.69) is 9.44 Å². The van der Waals surface area contributed by atoms with Gasteiger partial charge in [0.1, 0.15) is 5.82 Å². The number of halogens is 1. The van der Waals surface area contributed by atoms with Crippen molar-refractivity contribution in [3.05, 3.63) is 35.6 Å². The van der Waals surface area contributed by atoms with Crippen LogP contribution in [0, 0.1) is 5.82 Å². The molecule has 1 rings (SSSR count). The molecular formula is C12H19FN2O4S2. The number of nitrogens with one attached hydrogen (secondary N) is 2. The molecule has 0 aliphatic carbocycles. The Hall–Kier alpha value is -1.03. The molecule has 9 heteroatoms. The van der Waals surface area contributed by atoms with Crippen molar-refractivity contribution in [3.63, 3.8) is 0 Å². The second-order valence-electron chi connectivity index (χ2n) is 5.43. The van der Waals surface area contributed by atoms with E-state index in [0.29, 0.717) is 0 Å². The second kappa shape index (κ2) is 6.39. The molecule has 0 atom stereocenters. The SMILES string of the molecule is CC(C)(CNS(=O)(=O)Cc1ccccc1F)NS(C)(=O)=O. The largest absolute Gasteiger partial charge is 0.215 e. The molecule has 2 N–H and O–H groups in total. The number of sulfonamides is 2. The smallest absolute Gasteiger partial charge is 0.213 e. The lowest BCUT2D eigenvalue weighted by Crippen LogP contribution is -2.51. The Morgan fingerprint density at radius 2 is 1.71 bits per heavy atom. The third-order valence-electron chi connectivity index (χ3n) is 2.50. The highest BCUT2D eigenvalue weighted by Gasteiger charge is 2.25. The summed E-state index contributed by atoms with van der Waals surface area (Å²) in [7, 11) is -7.23. The van der Waals surface area contributed by atoms with Crippen molar-refractivity contribution in [2.45, 2.75) is 25.1 Å². The molecule has 0 heterocycles. The predicted molar refractivity (Wildman–Crippen MR) is 79.1 cm³/mol. The average Bonchev–Trinajstić information content (AvgIpc) is 2.27. The van der Waals surface area contributed by atoms with Gasteiger partial charge in [0.05, 0.1) is 12.0 Å². The van der Waals surface area contributed by atoms with Crippen LogP contribution in [-0.2, 0) is 25.8 Å². The van der Waals surface area contributed by atoms with Crippen LogP contribution in [-0.4, -0.2) is 35.2 Å². The summed E-state index contributed by atoms with van der Waals surface area (Å²) in [4.78, 5) is 0. The Morgan fingerprint density at radius 1 is 1.14 bits per heavy atom. The number of hydrogen-bond donors (Lipinski definition) is 2. The van der Waals surface area contributed by atoms with E-state index in [9.17, 15) is 21.2 Å². The standard InChI is InChI=1S/C12H19FN2O4S2/c1-12(2,15-20(3,16)17)9-14-21(18,19)8-10-6-4-5-7-11(10)13/h4-7,14-15H,8-9H2,1-3H3. The van der Waals surface area contributed by atoms with Crippen LogP contribution in [0.25, 0.3) is 0 Å². The molecule has 0 aliphatic rings. The fourth-order valence-corrected chi connectivity index (χ4v) is 4.10. The molecule has 1 aromatic rings. The van der Waals surface area contributed by atoms with E-state index >= 15 is 0 Å². The van der Waals surface area contributed by atoms with E-state index in [1.54, 1.807) is 19.9 Å². The van der Waals surface area contributed by atoms with Gasteiger partial charge in [-0.05, 0) is 19.9 Å². The first-order valence-corrected chi connectivity index (χ1v) is 9.64. The molecule has 0 aromatic heterocycles. The van der Waals surface area contributed by atoms with Crippen LogP contribution in [0.5, 0.6) is 0 Å². The minimum Gasteiger partial charge on any atom is -0.213 e. The van der Waals surface area contributed by atoms with Crippen LogP contribution in [0.2, 0.25) is 0 Å². The number of benzene rings is 1.